The van der Waals surface area contributed by atoms with Crippen LogP contribution in [0.4, 0.5) is 4.79 Å². The predicted molar refractivity (Wildman–Crippen MR) is 199 cm³/mol. The SMILES string of the molecule is CC(c1ccccc1OCC#Cc1ccccc1)N(CC[C@H](NC(=O)OC(C)(C)C)C(=O)O)C(C)c1ccccc1OCC#Cc1ccccc1. The maximum Gasteiger partial charge on any atom is 0.408 e. The van der Waals surface area contributed by atoms with Crippen molar-refractivity contribution in [2.75, 3.05) is 19.8 Å². The van der Waals surface area contributed by atoms with Gasteiger partial charge in [0.25, 0.3) is 0 Å². The molecule has 3 atom stereocenters. The molecule has 51 heavy (non-hydrogen) atoms. The Morgan fingerprint density at radius 2 is 1.14 bits per heavy atom. The van der Waals surface area contributed by atoms with E-state index in [0.717, 1.165) is 22.3 Å². The zero-order valence-electron chi connectivity index (χ0n) is 29.9. The summed E-state index contributed by atoms with van der Waals surface area (Å²) in [6, 6.07) is 33.3. The lowest BCUT2D eigenvalue weighted by molar-refractivity contribution is -0.139. The average Bonchev–Trinajstić information content (AvgIpc) is 3.11. The number of rotatable bonds is 13. The van der Waals surface area contributed by atoms with Gasteiger partial charge in [-0.25, -0.2) is 9.59 Å². The molecule has 0 aliphatic rings. The number of nitrogens with zero attached hydrogens (tertiary/aromatic N) is 1. The summed E-state index contributed by atoms with van der Waals surface area (Å²) in [4.78, 5) is 27.1. The molecular weight excluding hydrogens is 640 g/mol. The normalized spacial score (nSPS) is 12.6. The van der Waals surface area contributed by atoms with Gasteiger partial charge in [0, 0.05) is 40.9 Å². The van der Waals surface area contributed by atoms with Crippen LogP contribution in [0.25, 0.3) is 0 Å². The first-order valence-corrected chi connectivity index (χ1v) is 17.0. The van der Waals surface area contributed by atoms with E-state index in [-0.39, 0.29) is 31.7 Å². The minimum absolute atomic E-state index is 0.112. The van der Waals surface area contributed by atoms with Crippen molar-refractivity contribution in [2.24, 2.45) is 0 Å². The van der Waals surface area contributed by atoms with E-state index in [9.17, 15) is 14.7 Å². The number of carbonyl (C=O) groups is 2. The smallest absolute Gasteiger partial charge is 0.408 e. The van der Waals surface area contributed by atoms with Gasteiger partial charge in [-0.15, -0.1) is 0 Å². The molecule has 2 unspecified atom stereocenters. The Bertz CT molecular complexity index is 1740. The highest BCUT2D eigenvalue weighted by molar-refractivity contribution is 5.80. The minimum Gasteiger partial charge on any atom is -0.481 e. The zero-order chi connectivity index (χ0) is 36.6. The second-order valence-electron chi connectivity index (χ2n) is 12.9. The largest absolute Gasteiger partial charge is 0.481 e. The summed E-state index contributed by atoms with van der Waals surface area (Å²) >= 11 is 0. The third-order valence-corrected chi connectivity index (χ3v) is 8.01. The molecule has 0 radical (unpaired) electrons. The summed E-state index contributed by atoms with van der Waals surface area (Å²) in [6.45, 7) is 9.98. The van der Waals surface area contributed by atoms with Gasteiger partial charge in [-0.05, 0) is 77.4 Å². The lowest BCUT2D eigenvalue weighted by Crippen LogP contribution is -2.45. The lowest BCUT2D eigenvalue weighted by Gasteiger charge is -2.37. The number of benzene rings is 4. The number of carbonyl (C=O) groups excluding carboxylic acids is 1. The van der Waals surface area contributed by atoms with Crippen LogP contribution < -0.4 is 14.8 Å². The topological polar surface area (TPSA) is 97.3 Å². The number of carboxylic acids is 1. The van der Waals surface area contributed by atoms with E-state index in [1.807, 2.05) is 109 Å². The quantitative estimate of drug-likeness (QED) is 0.138. The van der Waals surface area contributed by atoms with E-state index in [0.29, 0.717) is 18.0 Å². The molecule has 2 N–H and O–H groups in total. The van der Waals surface area contributed by atoms with Gasteiger partial charge >= 0.3 is 12.1 Å². The Labute approximate surface area is 301 Å². The molecule has 0 aliphatic heterocycles. The molecule has 264 valence electrons. The number of ether oxygens (including phenoxy) is 3. The molecule has 4 aromatic rings. The Hall–Kier alpha value is -5.70. The number of aliphatic carboxylic acids is 1. The monoisotopic (exact) mass is 686 g/mol. The molecule has 0 saturated heterocycles. The fraction of sp³-hybridized carbons (Fsp3) is 0.302. The average molecular weight is 687 g/mol. The van der Waals surface area contributed by atoms with E-state index in [1.54, 1.807) is 20.8 Å². The van der Waals surface area contributed by atoms with E-state index >= 15 is 0 Å². The highest BCUT2D eigenvalue weighted by atomic mass is 16.6. The number of nitrogens with one attached hydrogen (secondary N) is 1. The third-order valence-electron chi connectivity index (χ3n) is 8.01. The van der Waals surface area contributed by atoms with E-state index in [1.165, 1.54) is 0 Å². The summed E-state index contributed by atoms with van der Waals surface area (Å²) in [5, 5.41) is 12.6. The van der Waals surface area contributed by atoms with Crippen molar-refractivity contribution in [3.63, 3.8) is 0 Å². The van der Waals surface area contributed by atoms with Gasteiger partial charge in [0.05, 0.1) is 0 Å². The standard InChI is InChI=1S/C43H46N2O6/c1-32(36-24-12-14-26-39(36)49-30-16-22-34-18-8-6-9-19-34)45(29-28-38(41(46)47)44-42(48)51-43(3,4)5)33(2)37-25-13-15-27-40(37)50-31-17-23-35-20-10-7-11-21-35/h6-15,18-21,24-27,32-33,38H,28-31H2,1-5H3,(H,44,48)(H,46,47)/t32?,33?,38-/m0/s1. The summed E-state index contributed by atoms with van der Waals surface area (Å²) < 4.78 is 17.8. The number of hydrogen-bond acceptors (Lipinski definition) is 6. The summed E-state index contributed by atoms with van der Waals surface area (Å²) in [6.07, 6.45) is -0.673. The Morgan fingerprint density at radius 3 is 1.57 bits per heavy atom. The van der Waals surface area contributed by atoms with Crippen molar-refractivity contribution in [3.8, 4) is 35.2 Å². The maximum absolute atomic E-state index is 12.6. The fourth-order valence-electron chi connectivity index (χ4n) is 5.53. The van der Waals surface area contributed by atoms with Crippen LogP contribution in [0.15, 0.2) is 109 Å². The van der Waals surface area contributed by atoms with Gasteiger partial charge in [-0.1, -0.05) is 96.5 Å². The van der Waals surface area contributed by atoms with Crippen LogP contribution >= 0.6 is 0 Å². The van der Waals surface area contributed by atoms with Crippen LogP contribution in [0.1, 0.15) is 75.4 Å². The van der Waals surface area contributed by atoms with Crippen LogP contribution in [0.5, 0.6) is 11.5 Å². The molecule has 8 nitrogen and oxygen atoms in total. The van der Waals surface area contributed by atoms with Gasteiger partial charge < -0.3 is 24.6 Å². The van der Waals surface area contributed by atoms with Gasteiger partial charge in [0.2, 0.25) is 0 Å². The summed E-state index contributed by atoms with van der Waals surface area (Å²) in [5.74, 6) is 12.6. The van der Waals surface area contributed by atoms with Gasteiger partial charge in [-0.3, -0.25) is 4.90 Å². The Kier molecular flexibility index (Phi) is 14.1. The van der Waals surface area contributed by atoms with Crippen LogP contribution in [0.3, 0.4) is 0 Å². The van der Waals surface area contributed by atoms with Crippen molar-refractivity contribution in [2.45, 2.75) is 64.8 Å². The van der Waals surface area contributed by atoms with E-state index < -0.39 is 23.7 Å². The predicted octanol–water partition coefficient (Wildman–Crippen LogP) is 8.04. The molecule has 0 bridgehead atoms. The summed E-state index contributed by atoms with van der Waals surface area (Å²) in [7, 11) is 0. The molecule has 0 saturated carbocycles. The molecule has 0 fully saturated rings. The van der Waals surface area contributed by atoms with Crippen LogP contribution in [0.2, 0.25) is 0 Å². The number of alkyl carbamates (subject to hydrolysis) is 1. The fourth-order valence-corrected chi connectivity index (χ4v) is 5.53. The van der Waals surface area contributed by atoms with Gasteiger partial charge in [-0.2, -0.15) is 0 Å². The molecule has 0 heterocycles. The van der Waals surface area contributed by atoms with Gasteiger partial charge in [0.1, 0.15) is 36.4 Å². The number of para-hydroxylation sites is 2. The molecule has 4 rings (SSSR count). The molecule has 1 amide bonds. The number of amides is 1. The highest BCUT2D eigenvalue weighted by Gasteiger charge is 2.30. The van der Waals surface area contributed by atoms with Crippen molar-refractivity contribution >= 4 is 12.1 Å². The number of hydrogen-bond donors (Lipinski definition) is 2. The van der Waals surface area contributed by atoms with Crippen molar-refractivity contribution in [3.05, 3.63) is 131 Å². The van der Waals surface area contributed by atoms with Crippen molar-refractivity contribution in [1.29, 1.82) is 0 Å². The van der Waals surface area contributed by atoms with E-state index in [2.05, 4.69) is 47.7 Å². The Balaban J connectivity index is 1.60. The second-order valence-corrected chi connectivity index (χ2v) is 12.9. The highest BCUT2D eigenvalue weighted by Crippen LogP contribution is 2.38. The number of carboxylic acid groups (broad SMARTS) is 1. The first-order chi connectivity index (χ1) is 24.5. The third kappa shape index (κ3) is 12.3. The van der Waals surface area contributed by atoms with Crippen molar-refractivity contribution in [1.82, 2.24) is 10.2 Å². The molecule has 8 heteroatoms. The zero-order valence-corrected chi connectivity index (χ0v) is 29.9. The van der Waals surface area contributed by atoms with Crippen LogP contribution in [-0.2, 0) is 9.53 Å². The summed E-state index contributed by atoms with van der Waals surface area (Å²) in [5.41, 5.74) is 2.85. The first-order valence-electron chi connectivity index (χ1n) is 17.0. The molecular formula is C43H46N2O6. The molecule has 4 aromatic carbocycles. The van der Waals surface area contributed by atoms with Crippen molar-refractivity contribution < 1.29 is 28.9 Å². The lowest BCUT2D eigenvalue weighted by atomic mass is 9.98. The second kappa shape index (κ2) is 18.9. The molecule has 0 aromatic heterocycles. The van der Waals surface area contributed by atoms with Gasteiger partial charge in [0.15, 0.2) is 0 Å². The molecule has 0 spiro atoms. The van der Waals surface area contributed by atoms with E-state index in [4.69, 9.17) is 14.2 Å². The van der Waals surface area contributed by atoms with Crippen LogP contribution in [-0.4, -0.2) is 53.5 Å². The Morgan fingerprint density at radius 1 is 0.706 bits per heavy atom. The molecule has 0 aliphatic carbocycles. The first kappa shape index (κ1) is 38.1. The maximum atomic E-state index is 12.6. The minimum atomic E-state index is -1.18. The van der Waals surface area contributed by atoms with Crippen LogP contribution in [0, 0.1) is 23.7 Å².